The first kappa shape index (κ1) is 14.3. The molecule has 0 amide bonds. The Hall–Kier alpha value is -1.60. The van der Waals surface area contributed by atoms with Crippen molar-refractivity contribution in [2.75, 3.05) is 37.6 Å². The number of piperazine rings is 1. The Balaban J connectivity index is 1.80. The van der Waals surface area contributed by atoms with E-state index < -0.39 is 5.97 Å². The highest BCUT2D eigenvalue weighted by Gasteiger charge is 2.26. The second-order valence-corrected chi connectivity index (χ2v) is 6.70. The van der Waals surface area contributed by atoms with E-state index in [1.54, 1.807) is 10.6 Å². The Kier molecular flexibility index (Phi) is 3.86. The third-order valence-electron chi connectivity index (χ3n) is 3.74. The molecule has 114 valence electrons. The van der Waals surface area contributed by atoms with Crippen molar-refractivity contribution in [3.63, 3.8) is 0 Å². The maximum absolute atomic E-state index is 11.6. The summed E-state index contributed by atoms with van der Waals surface area (Å²) in [4.78, 5) is 21.3. The molecule has 3 heterocycles. The molecule has 6 nitrogen and oxygen atoms in total. The van der Waals surface area contributed by atoms with Crippen LogP contribution in [0.4, 0.5) is 5.82 Å². The summed E-state index contributed by atoms with van der Waals surface area (Å²) >= 11 is 1.46. The average molecular weight is 308 g/mol. The normalized spacial score (nSPS) is 17.0. The van der Waals surface area contributed by atoms with E-state index in [9.17, 15) is 9.90 Å². The molecule has 1 fully saturated rings. The Labute approximate surface area is 127 Å². The third-order valence-corrected chi connectivity index (χ3v) is 4.50. The van der Waals surface area contributed by atoms with Gasteiger partial charge in [-0.2, -0.15) is 0 Å². The second-order valence-electron chi connectivity index (χ2n) is 5.83. The number of carboxylic acids is 1. The van der Waals surface area contributed by atoms with Crippen LogP contribution >= 0.6 is 11.3 Å². The summed E-state index contributed by atoms with van der Waals surface area (Å²) in [7, 11) is 0. The topological polar surface area (TPSA) is 61.1 Å². The molecule has 7 heteroatoms. The van der Waals surface area contributed by atoms with Gasteiger partial charge in [0.2, 0.25) is 0 Å². The van der Waals surface area contributed by atoms with Crippen molar-refractivity contribution in [2.24, 2.45) is 5.92 Å². The lowest BCUT2D eigenvalue weighted by molar-refractivity contribution is 0.0690. The minimum atomic E-state index is -0.916. The highest BCUT2D eigenvalue weighted by Crippen LogP contribution is 2.25. The van der Waals surface area contributed by atoms with E-state index in [-0.39, 0.29) is 5.69 Å². The van der Waals surface area contributed by atoms with Crippen LogP contribution in [0.5, 0.6) is 0 Å². The fraction of sp³-hybridized carbons (Fsp3) is 0.571. The van der Waals surface area contributed by atoms with Crippen molar-refractivity contribution in [1.82, 2.24) is 14.3 Å². The van der Waals surface area contributed by atoms with Gasteiger partial charge in [0.05, 0.1) is 0 Å². The predicted octanol–water partition coefficient (Wildman–Crippen LogP) is 1.87. The summed E-state index contributed by atoms with van der Waals surface area (Å²) in [5.41, 5.74) is 0.281. The number of imidazole rings is 1. The van der Waals surface area contributed by atoms with Crippen molar-refractivity contribution in [2.45, 2.75) is 13.8 Å². The molecule has 0 bridgehead atoms. The van der Waals surface area contributed by atoms with Gasteiger partial charge in [0.1, 0.15) is 0 Å². The van der Waals surface area contributed by atoms with Gasteiger partial charge in [0, 0.05) is 44.3 Å². The maximum atomic E-state index is 11.6. The van der Waals surface area contributed by atoms with E-state index in [1.165, 1.54) is 11.3 Å². The molecule has 21 heavy (non-hydrogen) atoms. The zero-order valence-corrected chi connectivity index (χ0v) is 13.1. The summed E-state index contributed by atoms with van der Waals surface area (Å²) in [6.45, 7) is 9.12. The molecule has 0 atom stereocenters. The number of thiazole rings is 1. The Morgan fingerprint density at radius 1 is 1.38 bits per heavy atom. The number of nitrogens with zero attached hydrogens (tertiary/aromatic N) is 4. The quantitative estimate of drug-likeness (QED) is 0.934. The number of aromatic nitrogens is 2. The zero-order valence-electron chi connectivity index (χ0n) is 12.3. The van der Waals surface area contributed by atoms with Crippen molar-refractivity contribution < 1.29 is 9.90 Å². The zero-order chi connectivity index (χ0) is 15.0. The van der Waals surface area contributed by atoms with Gasteiger partial charge in [-0.1, -0.05) is 13.8 Å². The van der Waals surface area contributed by atoms with E-state index in [1.807, 2.05) is 5.38 Å². The van der Waals surface area contributed by atoms with E-state index >= 15 is 0 Å². The number of hydrogen-bond acceptors (Lipinski definition) is 5. The van der Waals surface area contributed by atoms with E-state index in [0.717, 1.165) is 37.7 Å². The van der Waals surface area contributed by atoms with Crippen LogP contribution in [0, 0.1) is 5.92 Å². The fourth-order valence-electron chi connectivity index (χ4n) is 2.85. The molecule has 2 aromatic rings. The van der Waals surface area contributed by atoms with Crippen LogP contribution < -0.4 is 4.90 Å². The molecular formula is C14H20N4O2S. The second kappa shape index (κ2) is 5.65. The first-order valence-electron chi connectivity index (χ1n) is 7.22. The minimum absolute atomic E-state index is 0.281. The molecule has 1 aliphatic heterocycles. The maximum Gasteiger partial charge on any atom is 0.356 e. The van der Waals surface area contributed by atoms with Crippen molar-refractivity contribution >= 4 is 28.1 Å². The lowest BCUT2D eigenvalue weighted by Gasteiger charge is -2.35. The number of aromatic carboxylic acids is 1. The van der Waals surface area contributed by atoms with Crippen LogP contribution in [0.1, 0.15) is 24.3 Å². The molecule has 0 spiro atoms. The van der Waals surface area contributed by atoms with Crippen LogP contribution in [0.15, 0.2) is 11.6 Å². The SMILES string of the molecule is CC(C)CN1CCN(c2nc3sccn3c2C(=O)O)CC1. The molecule has 0 radical (unpaired) electrons. The number of fused-ring (bicyclic) bond motifs is 1. The first-order valence-corrected chi connectivity index (χ1v) is 8.10. The van der Waals surface area contributed by atoms with E-state index in [0.29, 0.717) is 11.7 Å². The van der Waals surface area contributed by atoms with Crippen LogP contribution in [-0.2, 0) is 0 Å². The first-order chi connectivity index (χ1) is 10.1. The molecule has 0 aromatic carbocycles. The Morgan fingerprint density at radius 3 is 2.71 bits per heavy atom. The number of carboxylic acid groups (broad SMARTS) is 1. The molecule has 2 aromatic heterocycles. The van der Waals surface area contributed by atoms with Gasteiger partial charge >= 0.3 is 5.97 Å². The van der Waals surface area contributed by atoms with Crippen LogP contribution in [0.2, 0.25) is 0 Å². The lowest BCUT2D eigenvalue weighted by Crippen LogP contribution is -2.48. The minimum Gasteiger partial charge on any atom is -0.476 e. The van der Waals surface area contributed by atoms with Gasteiger partial charge in [0.25, 0.3) is 0 Å². The predicted molar refractivity (Wildman–Crippen MR) is 83.5 cm³/mol. The standard InChI is InChI=1S/C14H20N4O2S/c1-10(2)9-16-3-5-17(6-4-16)12-11(13(19)20)18-7-8-21-14(18)15-12/h7-8,10H,3-6,9H2,1-2H3,(H,19,20). The summed E-state index contributed by atoms with van der Waals surface area (Å²) in [5.74, 6) is 0.350. The highest BCUT2D eigenvalue weighted by atomic mass is 32.1. The van der Waals surface area contributed by atoms with Gasteiger partial charge in [-0.25, -0.2) is 9.78 Å². The van der Waals surface area contributed by atoms with Crippen LogP contribution in [0.25, 0.3) is 4.96 Å². The highest BCUT2D eigenvalue weighted by molar-refractivity contribution is 7.15. The van der Waals surface area contributed by atoms with Crippen LogP contribution in [-0.4, -0.2) is 58.1 Å². The largest absolute Gasteiger partial charge is 0.476 e. The fourth-order valence-corrected chi connectivity index (χ4v) is 3.56. The van der Waals surface area contributed by atoms with E-state index in [4.69, 9.17) is 0 Å². The number of hydrogen-bond donors (Lipinski definition) is 1. The van der Waals surface area contributed by atoms with Gasteiger partial charge in [0.15, 0.2) is 16.5 Å². The Morgan fingerprint density at radius 2 is 2.10 bits per heavy atom. The van der Waals surface area contributed by atoms with Crippen molar-refractivity contribution in [3.8, 4) is 0 Å². The average Bonchev–Trinajstić information content (AvgIpc) is 2.98. The van der Waals surface area contributed by atoms with E-state index in [2.05, 4.69) is 28.6 Å². The Bertz CT molecular complexity index is 640. The molecule has 1 N–H and O–H groups in total. The smallest absolute Gasteiger partial charge is 0.356 e. The van der Waals surface area contributed by atoms with Gasteiger partial charge in [-0.3, -0.25) is 9.30 Å². The molecule has 3 rings (SSSR count). The molecule has 0 saturated carbocycles. The molecule has 1 saturated heterocycles. The van der Waals surface area contributed by atoms with Gasteiger partial charge in [-0.05, 0) is 5.92 Å². The monoisotopic (exact) mass is 308 g/mol. The molecular weight excluding hydrogens is 288 g/mol. The molecule has 1 aliphatic rings. The van der Waals surface area contributed by atoms with Gasteiger partial charge in [-0.15, -0.1) is 11.3 Å². The van der Waals surface area contributed by atoms with Crippen molar-refractivity contribution in [1.29, 1.82) is 0 Å². The van der Waals surface area contributed by atoms with Crippen LogP contribution in [0.3, 0.4) is 0 Å². The van der Waals surface area contributed by atoms with Gasteiger partial charge < -0.3 is 10.0 Å². The summed E-state index contributed by atoms with van der Waals surface area (Å²) in [5, 5.41) is 11.3. The number of anilines is 1. The van der Waals surface area contributed by atoms with Crippen molar-refractivity contribution in [3.05, 3.63) is 17.3 Å². The number of carbonyl (C=O) groups is 1. The molecule has 0 unspecified atom stereocenters. The lowest BCUT2D eigenvalue weighted by atomic mass is 10.2. The molecule has 0 aliphatic carbocycles. The summed E-state index contributed by atoms with van der Waals surface area (Å²) in [6.07, 6.45) is 1.77. The summed E-state index contributed by atoms with van der Waals surface area (Å²) in [6, 6.07) is 0. The summed E-state index contributed by atoms with van der Waals surface area (Å²) < 4.78 is 1.67. The third kappa shape index (κ3) is 2.75. The number of rotatable bonds is 4.